The first-order valence-corrected chi connectivity index (χ1v) is 5.58. The van der Waals surface area contributed by atoms with Gasteiger partial charge in [-0.25, -0.2) is 0 Å². The van der Waals surface area contributed by atoms with E-state index in [4.69, 9.17) is 0 Å². The number of rotatable bonds is 2. The number of aromatic nitrogens is 1. The van der Waals surface area contributed by atoms with Gasteiger partial charge in [0, 0.05) is 19.8 Å². The van der Waals surface area contributed by atoms with Crippen molar-refractivity contribution in [2.45, 2.75) is 19.4 Å². The molecule has 2 nitrogen and oxygen atoms in total. The SMILES string of the molecule is Cn1cc(CN2CCCC2)cc1Br. The predicted molar refractivity (Wildman–Crippen MR) is 57.6 cm³/mol. The van der Waals surface area contributed by atoms with Crippen LogP contribution in [0.4, 0.5) is 0 Å². The summed E-state index contributed by atoms with van der Waals surface area (Å²) in [6.45, 7) is 3.65. The van der Waals surface area contributed by atoms with E-state index in [0.29, 0.717) is 0 Å². The molecule has 0 amide bonds. The van der Waals surface area contributed by atoms with Crippen molar-refractivity contribution in [1.82, 2.24) is 9.47 Å². The van der Waals surface area contributed by atoms with Crippen LogP contribution in [0.25, 0.3) is 0 Å². The first-order chi connectivity index (χ1) is 6.25. The summed E-state index contributed by atoms with van der Waals surface area (Å²) in [5.41, 5.74) is 1.41. The second-order valence-electron chi connectivity index (χ2n) is 3.77. The van der Waals surface area contributed by atoms with Crippen molar-refractivity contribution in [2.24, 2.45) is 7.05 Å². The van der Waals surface area contributed by atoms with E-state index < -0.39 is 0 Å². The average molecular weight is 243 g/mol. The summed E-state index contributed by atoms with van der Waals surface area (Å²) in [5.74, 6) is 0. The van der Waals surface area contributed by atoms with E-state index in [1.54, 1.807) is 0 Å². The van der Waals surface area contributed by atoms with E-state index in [9.17, 15) is 0 Å². The third-order valence-corrected chi connectivity index (χ3v) is 3.39. The number of halogens is 1. The number of likely N-dealkylation sites (tertiary alicyclic amines) is 1. The Labute approximate surface area is 87.7 Å². The van der Waals surface area contributed by atoms with E-state index in [-0.39, 0.29) is 0 Å². The molecule has 1 aliphatic rings. The second-order valence-corrected chi connectivity index (χ2v) is 4.58. The van der Waals surface area contributed by atoms with E-state index >= 15 is 0 Å². The van der Waals surface area contributed by atoms with Crippen LogP contribution in [0.2, 0.25) is 0 Å². The van der Waals surface area contributed by atoms with Gasteiger partial charge in [-0.2, -0.15) is 0 Å². The summed E-state index contributed by atoms with van der Waals surface area (Å²) >= 11 is 3.51. The molecule has 0 bridgehead atoms. The number of nitrogens with zero attached hydrogens (tertiary/aromatic N) is 2. The Kier molecular flexibility index (Phi) is 2.74. The molecule has 1 saturated heterocycles. The van der Waals surface area contributed by atoms with Crippen molar-refractivity contribution < 1.29 is 0 Å². The van der Waals surface area contributed by atoms with Crippen molar-refractivity contribution >= 4 is 15.9 Å². The first-order valence-electron chi connectivity index (χ1n) is 4.79. The molecule has 1 aromatic heterocycles. The van der Waals surface area contributed by atoms with Crippen LogP contribution in [0, 0.1) is 0 Å². The summed E-state index contributed by atoms with van der Waals surface area (Å²) in [6, 6.07) is 2.21. The largest absolute Gasteiger partial charge is 0.345 e. The predicted octanol–water partition coefficient (Wildman–Crippen LogP) is 2.38. The molecule has 1 aromatic rings. The molecule has 0 unspecified atom stereocenters. The molecule has 0 spiro atoms. The minimum Gasteiger partial charge on any atom is -0.345 e. The van der Waals surface area contributed by atoms with Crippen molar-refractivity contribution in [1.29, 1.82) is 0 Å². The van der Waals surface area contributed by atoms with E-state index in [2.05, 4.69) is 44.7 Å². The Hall–Kier alpha value is -0.280. The summed E-state index contributed by atoms with van der Waals surface area (Å²) < 4.78 is 3.28. The fourth-order valence-corrected chi connectivity index (χ4v) is 2.28. The lowest BCUT2D eigenvalue weighted by atomic mass is 10.3. The van der Waals surface area contributed by atoms with Crippen molar-refractivity contribution in [3.63, 3.8) is 0 Å². The maximum Gasteiger partial charge on any atom is 0.0847 e. The number of aryl methyl sites for hydroxylation is 1. The van der Waals surface area contributed by atoms with Crippen molar-refractivity contribution in [3.8, 4) is 0 Å². The van der Waals surface area contributed by atoms with Crippen LogP contribution < -0.4 is 0 Å². The monoisotopic (exact) mass is 242 g/mol. The second kappa shape index (κ2) is 3.84. The Morgan fingerprint density at radius 3 is 2.62 bits per heavy atom. The molecule has 0 N–H and O–H groups in total. The summed E-state index contributed by atoms with van der Waals surface area (Å²) in [4.78, 5) is 2.52. The molecule has 0 radical (unpaired) electrons. The minimum atomic E-state index is 1.11. The van der Waals surface area contributed by atoms with Gasteiger partial charge in [-0.1, -0.05) is 0 Å². The maximum absolute atomic E-state index is 3.51. The third-order valence-electron chi connectivity index (χ3n) is 2.61. The Morgan fingerprint density at radius 2 is 2.08 bits per heavy atom. The molecular formula is C10H15BrN2. The molecule has 0 saturated carbocycles. The van der Waals surface area contributed by atoms with E-state index in [1.165, 1.54) is 36.1 Å². The quantitative estimate of drug-likeness (QED) is 0.774. The topological polar surface area (TPSA) is 8.17 Å². The molecule has 0 aliphatic carbocycles. The Bertz CT molecular complexity index is 268. The minimum absolute atomic E-state index is 1.11. The zero-order valence-corrected chi connectivity index (χ0v) is 9.55. The van der Waals surface area contributed by atoms with Crippen LogP contribution in [0.3, 0.4) is 0 Å². The highest BCUT2D eigenvalue weighted by molar-refractivity contribution is 9.10. The standard InChI is InChI=1S/C10H15BrN2/c1-12-7-9(6-10(12)11)8-13-4-2-3-5-13/h6-7H,2-5,8H2,1H3. The zero-order chi connectivity index (χ0) is 9.26. The van der Waals surface area contributed by atoms with Crippen LogP contribution in [0.1, 0.15) is 18.4 Å². The normalized spacial score (nSPS) is 18.3. The van der Waals surface area contributed by atoms with Gasteiger partial charge in [0.25, 0.3) is 0 Å². The molecule has 3 heteroatoms. The van der Waals surface area contributed by atoms with Gasteiger partial charge in [0.1, 0.15) is 0 Å². The van der Waals surface area contributed by atoms with Crippen LogP contribution in [0.5, 0.6) is 0 Å². The fourth-order valence-electron chi connectivity index (χ4n) is 1.89. The summed E-state index contributed by atoms with van der Waals surface area (Å²) in [6.07, 6.45) is 4.93. The third kappa shape index (κ3) is 2.15. The van der Waals surface area contributed by atoms with Gasteiger partial charge in [0.05, 0.1) is 4.60 Å². The van der Waals surface area contributed by atoms with Gasteiger partial charge < -0.3 is 4.57 Å². The van der Waals surface area contributed by atoms with Crippen LogP contribution in [0.15, 0.2) is 16.9 Å². The molecular weight excluding hydrogens is 228 g/mol. The molecule has 2 rings (SSSR count). The lowest BCUT2D eigenvalue weighted by molar-refractivity contribution is 0.331. The molecule has 0 aromatic carbocycles. The van der Waals surface area contributed by atoms with Gasteiger partial charge in [-0.15, -0.1) is 0 Å². The molecule has 1 fully saturated rings. The Balaban J connectivity index is 2.00. The molecule has 1 aliphatic heterocycles. The van der Waals surface area contributed by atoms with Gasteiger partial charge in [-0.05, 0) is 53.5 Å². The lowest BCUT2D eigenvalue weighted by Gasteiger charge is -2.12. The van der Waals surface area contributed by atoms with Crippen LogP contribution in [-0.2, 0) is 13.6 Å². The van der Waals surface area contributed by atoms with Gasteiger partial charge >= 0.3 is 0 Å². The smallest absolute Gasteiger partial charge is 0.0847 e. The molecule has 72 valence electrons. The van der Waals surface area contributed by atoms with Crippen LogP contribution in [-0.4, -0.2) is 22.6 Å². The van der Waals surface area contributed by atoms with Crippen LogP contribution >= 0.6 is 15.9 Å². The van der Waals surface area contributed by atoms with Gasteiger partial charge in [-0.3, -0.25) is 4.90 Å². The first kappa shape index (κ1) is 9.28. The maximum atomic E-state index is 3.51. The van der Waals surface area contributed by atoms with Crippen molar-refractivity contribution in [2.75, 3.05) is 13.1 Å². The number of hydrogen-bond donors (Lipinski definition) is 0. The number of hydrogen-bond acceptors (Lipinski definition) is 1. The summed E-state index contributed by atoms with van der Waals surface area (Å²) in [7, 11) is 2.07. The van der Waals surface area contributed by atoms with E-state index in [0.717, 1.165) is 6.54 Å². The fraction of sp³-hybridized carbons (Fsp3) is 0.600. The molecule has 13 heavy (non-hydrogen) atoms. The highest BCUT2D eigenvalue weighted by Gasteiger charge is 2.12. The Morgan fingerprint density at radius 1 is 1.38 bits per heavy atom. The lowest BCUT2D eigenvalue weighted by Crippen LogP contribution is -2.17. The highest BCUT2D eigenvalue weighted by Crippen LogP contribution is 2.17. The van der Waals surface area contributed by atoms with Gasteiger partial charge in [0.15, 0.2) is 0 Å². The van der Waals surface area contributed by atoms with E-state index in [1.807, 2.05) is 0 Å². The average Bonchev–Trinajstić information content (AvgIpc) is 2.64. The van der Waals surface area contributed by atoms with Crippen molar-refractivity contribution in [3.05, 3.63) is 22.4 Å². The molecule has 2 heterocycles. The van der Waals surface area contributed by atoms with Gasteiger partial charge in [0.2, 0.25) is 0 Å². The molecule has 0 atom stereocenters. The zero-order valence-electron chi connectivity index (χ0n) is 7.96. The summed E-state index contributed by atoms with van der Waals surface area (Å²) in [5, 5.41) is 0. The highest BCUT2D eigenvalue weighted by atomic mass is 79.9.